The molecule has 8 nitrogen and oxygen atoms in total. The second kappa shape index (κ2) is 6.79. The Labute approximate surface area is 148 Å². The van der Waals surface area contributed by atoms with Gasteiger partial charge in [0, 0.05) is 29.7 Å². The molecule has 0 saturated carbocycles. The molecule has 3 rings (SSSR count). The van der Waals surface area contributed by atoms with Crippen LogP contribution >= 0.6 is 11.6 Å². The number of carbonyl (C=O) groups excluding carboxylic acids is 1. The molecule has 1 aromatic heterocycles. The Morgan fingerprint density at radius 3 is 2.80 bits per heavy atom. The smallest absolute Gasteiger partial charge is 0.306 e. The monoisotopic (exact) mass is 381 g/mol. The molecule has 1 amide bonds. The van der Waals surface area contributed by atoms with Crippen molar-refractivity contribution in [1.82, 2.24) is 4.98 Å². The number of hydrogen-bond donors (Lipinski definition) is 1. The number of nitrogens with zero attached hydrogens (tertiary/aromatic N) is 3. The fourth-order valence-electron chi connectivity index (χ4n) is 2.47. The Morgan fingerprint density at radius 1 is 1.32 bits per heavy atom. The van der Waals surface area contributed by atoms with Crippen LogP contribution in [0.5, 0.6) is 0 Å². The highest BCUT2D eigenvalue weighted by Gasteiger charge is 2.28. The molecule has 0 spiro atoms. The van der Waals surface area contributed by atoms with Gasteiger partial charge in [-0.25, -0.2) is 4.28 Å². The van der Waals surface area contributed by atoms with Crippen molar-refractivity contribution in [3.8, 4) is 0 Å². The highest BCUT2D eigenvalue weighted by Crippen LogP contribution is 2.31. The highest BCUT2D eigenvalue weighted by atomic mass is 35.5. The van der Waals surface area contributed by atoms with Gasteiger partial charge in [-0.15, -0.1) is 0 Å². The fraction of sp³-hybridized carbons (Fsp3) is 0.133. The van der Waals surface area contributed by atoms with Crippen molar-refractivity contribution in [3.63, 3.8) is 0 Å². The molecule has 25 heavy (non-hydrogen) atoms. The van der Waals surface area contributed by atoms with Gasteiger partial charge >= 0.3 is 10.4 Å². The summed E-state index contributed by atoms with van der Waals surface area (Å²) in [5, 5.41) is 3.87. The summed E-state index contributed by atoms with van der Waals surface area (Å²) >= 11 is 6.03. The molecule has 0 aliphatic carbocycles. The molecule has 0 atom stereocenters. The third-order valence-electron chi connectivity index (χ3n) is 3.50. The minimum absolute atomic E-state index is 0.219. The molecule has 0 saturated heterocycles. The van der Waals surface area contributed by atoms with Gasteiger partial charge in [-0.05, 0) is 30.3 Å². The maximum atomic E-state index is 12.7. The SMILES string of the molecule is O=C(c1ccccn1)N1CC/C(=N\OS(=O)(=O)O)c2ccc(Cl)cc21. The first-order valence-electron chi connectivity index (χ1n) is 7.11. The van der Waals surface area contributed by atoms with Crippen molar-refractivity contribution in [2.24, 2.45) is 5.16 Å². The van der Waals surface area contributed by atoms with Gasteiger partial charge in [0.2, 0.25) is 0 Å². The topological polar surface area (TPSA) is 109 Å². The molecule has 10 heteroatoms. The zero-order valence-electron chi connectivity index (χ0n) is 12.7. The van der Waals surface area contributed by atoms with E-state index >= 15 is 0 Å². The number of fused-ring (bicyclic) bond motifs is 1. The van der Waals surface area contributed by atoms with E-state index in [4.69, 9.17) is 16.2 Å². The predicted octanol–water partition coefficient (Wildman–Crippen LogP) is 2.31. The zero-order chi connectivity index (χ0) is 18.0. The molecule has 130 valence electrons. The van der Waals surface area contributed by atoms with Gasteiger partial charge in [-0.1, -0.05) is 22.8 Å². The van der Waals surface area contributed by atoms with Crippen molar-refractivity contribution in [2.45, 2.75) is 6.42 Å². The van der Waals surface area contributed by atoms with Gasteiger partial charge in [-0.3, -0.25) is 14.3 Å². The molecular formula is C15H12ClN3O5S. The maximum absolute atomic E-state index is 12.7. The summed E-state index contributed by atoms with van der Waals surface area (Å²) in [5.74, 6) is -0.320. The van der Waals surface area contributed by atoms with E-state index in [1.54, 1.807) is 36.4 Å². The van der Waals surface area contributed by atoms with Gasteiger partial charge in [0.25, 0.3) is 5.91 Å². The largest absolute Gasteiger partial charge is 0.466 e. The van der Waals surface area contributed by atoms with Crippen LogP contribution in [0.15, 0.2) is 47.8 Å². The van der Waals surface area contributed by atoms with Crippen LogP contribution in [-0.2, 0) is 14.7 Å². The number of benzene rings is 1. The second-order valence-electron chi connectivity index (χ2n) is 5.12. The van der Waals surface area contributed by atoms with Crippen LogP contribution in [0.2, 0.25) is 5.02 Å². The van der Waals surface area contributed by atoms with Crippen LogP contribution < -0.4 is 4.90 Å². The molecule has 0 fully saturated rings. The van der Waals surface area contributed by atoms with Crippen molar-refractivity contribution >= 4 is 39.3 Å². The minimum Gasteiger partial charge on any atom is -0.306 e. The Kier molecular flexibility index (Phi) is 4.71. The summed E-state index contributed by atoms with van der Waals surface area (Å²) in [6, 6.07) is 9.75. The van der Waals surface area contributed by atoms with Gasteiger partial charge < -0.3 is 4.90 Å². The summed E-state index contributed by atoms with van der Waals surface area (Å²) in [4.78, 5) is 18.2. The van der Waals surface area contributed by atoms with Gasteiger partial charge in [0.15, 0.2) is 0 Å². The lowest BCUT2D eigenvalue weighted by Gasteiger charge is -2.29. The molecule has 1 aromatic carbocycles. The van der Waals surface area contributed by atoms with E-state index < -0.39 is 10.4 Å². The summed E-state index contributed by atoms with van der Waals surface area (Å²) in [6.45, 7) is 0.219. The number of aromatic nitrogens is 1. The van der Waals surface area contributed by atoms with E-state index in [1.807, 2.05) is 0 Å². The summed E-state index contributed by atoms with van der Waals surface area (Å²) in [6.07, 6.45) is 1.74. The van der Waals surface area contributed by atoms with Crippen LogP contribution in [0.1, 0.15) is 22.5 Å². The summed E-state index contributed by atoms with van der Waals surface area (Å²) in [7, 11) is -4.71. The summed E-state index contributed by atoms with van der Waals surface area (Å²) in [5.41, 5.74) is 1.47. The molecular weight excluding hydrogens is 370 g/mol. The standard InChI is InChI=1S/C15H12ClN3O5S/c16-10-4-5-11-12(18-24-25(21,22)23)6-8-19(14(11)9-10)15(20)13-3-1-2-7-17-13/h1-5,7,9H,6,8H2,(H,21,22,23)/b18-12+. The van der Waals surface area contributed by atoms with Crippen molar-refractivity contribution in [1.29, 1.82) is 0 Å². The van der Waals surface area contributed by atoms with Crippen molar-refractivity contribution in [2.75, 3.05) is 11.4 Å². The lowest BCUT2D eigenvalue weighted by molar-refractivity contribution is 0.0982. The van der Waals surface area contributed by atoms with Crippen LogP contribution in [0.4, 0.5) is 5.69 Å². The van der Waals surface area contributed by atoms with Gasteiger partial charge in [-0.2, -0.15) is 8.42 Å². The molecule has 0 bridgehead atoms. The highest BCUT2D eigenvalue weighted by molar-refractivity contribution is 7.80. The maximum Gasteiger partial charge on any atom is 0.466 e. The molecule has 0 radical (unpaired) electrons. The van der Waals surface area contributed by atoms with Gasteiger partial charge in [0.05, 0.1) is 11.4 Å². The zero-order valence-corrected chi connectivity index (χ0v) is 14.2. The molecule has 0 unspecified atom stereocenters. The molecule has 2 aromatic rings. The number of carbonyl (C=O) groups is 1. The number of hydrogen-bond acceptors (Lipinski definition) is 6. The van der Waals surface area contributed by atoms with E-state index in [2.05, 4.69) is 14.4 Å². The molecule has 1 aliphatic heterocycles. The van der Waals surface area contributed by atoms with E-state index in [9.17, 15) is 13.2 Å². The molecule has 1 N–H and O–H groups in total. The predicted molar refractivity (Wildman–Crippen MR) is 91.2 cm³/mol. The van der Waals surface area contributed by atoms with Crippen LogP contribution in [0, 0.1) is 0 Å². The average Bonchev–Trinajstić information content (AvgIpc) is 2.59. The molecule has 1 aliphatic rings. The normalized spacial score (nSPS) is 15.8. The van der Waals surface area contributed by atoms with Crippen LogP contribution in [-0.4, -0.2) is 36.1 Å². The van der Waals surface area contributed by atoms with E-state index in [-0.39, 0.29) is 30.3 Å². The Hall–Kier alpha value is -2.49. The minimum atomic E-state index is -4.71. The lowest BCUT2D eigenvalue weighted by atomic mass is 9.99. The third-order valence-corrected chi connectivity index (χ3v) is 4.00. The second-order valence-corrected chi connectivity index (χ2v) is 6.56. The Morgan fingerprint density at radius 2 is 2.12 bits per heavy atom. The average molecular weight is 382 g/mol. The fourth-order valence-corrected chi connectivity index (χ4v) is 2.82. The number of oxime groups is 1. The third kappa shape index (κ3) is 3.95. The van der Waals surface area contributed by atoms with Crippen LogP contribution in [0.3, 0.4) is 0 Å². The Bertz CT molecular complexity index is 947. The first-order chi connectivity index (χ1) is 11.8. The number of anilines is 1. The number of amides is 1. The van der Waals surface area contributed by atoms with E-state index in [0.717, 1.165) is 0 Å². The van der Waals surface area contributed by atoms with Gasteiger partial charge in [0.1, 0.15) is 5.69 Å². The van der Waals surface area contributed by atoms with Crippen molar-refractivity contribution < 1.29 is 22.0 Å². The van der Waals surface area contributed by atoms with Crippen LogP contribution in [0.25, 0.3) is 0 Å². The Balaban J connectivity index is 2.01. The number of rotatable bonds is 3. The molecule has 2 heterocycles. The number of halogens is 1. The quantitative estimate of drug-likeness (QED) is 0.645. The summed E-state index contributed by atoms with van der Waals surface area (Å²) < 4.78 is 34.2. The van der Waals surface area contributed by atoms with Crippen molar-refractivity contribution in [3.05, 3.63) is 58.9 Å². The number of pyridine rings is 1. The lowest BCUT2D eigenvalue weighted by Crippen LogP contribution is -2.38. The van der Waals surface area contributed by atoms with E-state index in [1.165, 1.54) is 11.1 Å². The first kappa shape index (κ1) is 17.3. The first-order valence-corrected chi connectivity index (χ1v) is 8.85. The van der Waals surface area contributed by atoms with E-state index in [0.29, 0.717) is 16.3 Å².